The Morgan fingerprint density at radius 2 is 1.68 bits per heavy atom. The molecule has 0 aliphatic heterocycles. The Bertz CT molecular complexity index is 850. The predicted molar refractivity (Wildman–Crippen MR) is 123 cm³/mol. The number of nitrogens with zero attached hydrogens (tertiary/aromatic N) is 1. The van der Waals surface area contributed by atoms with Crippen molar-refractivity contribution >= 4 is 18.1 Å². The third kappa shape index (κ3) is 9.03. The molecule has 31 heavy (non-hydrogen) atoms. The molecule has 0 heterocycles. The number of hydrogen-bond donors (Lipinski definition) is 1. The molecule has 0 saturated carbocycles. The van der Waals surface area contributed by atoms with Crippen molar-refractivity contribution in [2.75, 3.05) is 6.61 Å². The Labute approximate surface area is 184 Å². The summed E-state index contributed by atoms with van der Waals surface area (Å²) in [6.07, 6.45) is 8.84. The maximum atomic E-state index is 12.3. The Morgan fingerprint density at radius 3 is 2.42 bits per heavy atom. The molecule has 0 radical (unpaired) electrons. The Hall–Kier alpha value is -3.15. The molecule has 0 atom stereocenters. The molecule has 2 rings (SSSR count). The molecule has 6 nitrogen and oxygen atoms in total. The highest BCUT2D eigenvalue weighted by Gasteiger charge is 2.13. The van der Waals surface area contributed by atoms with Crippen LogP contribution in [0.1, 0.15) is 74.7 Å². The highest BCUT2D eigenvalue weighted by Crippen LogP contribution is 2.29. The third-order valence-corrected chi connectivity index (χ3v) is 4.64. The molecule has 1 N–H and O–H groups in total. The van der Waals surface area contributed by atoms with E-state index in [9.17, 15) is 9.59 Å². The molecular formula is C25H32N2O4. The lowest BCUT2D eigenvalue weighted by Gasteiger charge is -2.11. The number of esters is 1. The molecule has 0 aliphatic rings. The minimum Gasteiger partial charge on any atom is -0.490 e. The summed E-state index contributed by atoms with van der Waals surface area (Å²) in [6, 6.07) is 13.9. The van der Waals surface area contributed by atoms with Gasteiger partial charge in [-0.1, -0.05) is 57.2 Å². The van der Waals surface area contributed by atoms with E-state index < -0.39 is 5.97 Å². The van der Waals surface area contributed by atoms with E-state index in [2.05, 4.69) is 17.5 Å². The standard InChI is InChI=1S/C25H32N2O4/c1-3-5-6-7-8-12-15-24(28)27-26-19-20-16-17-22(23(18-20)30-4-2)31-25(29)21-13-10-9-11-14-21/h9-11,13-14,16-19H,3-8,12,15H2,1-2H3,(H,27,28). The molecule has 0 fully saturated rings. The fraction of sp³-hybridized carbons (Fsp3) is 0.400. The second-order valence-corrected chi connectivity index (χ2v) is 7.21. The zero-order valence-corrected chi connectivity index (χ0v) is 18.4. The summed E-state index contributed by atoms with van der Waals surface area (Å²) in [4.78, 5) is 24.2. The van der Waals surface area contributed by atoms with Gasteiger partial charge in [-0.2, -0.15) is 5.10 Å². The van der Waals surface area contributed by atoms with Crippen LogP contribution >= 0.6 is 0 Å². The van der Waals surface area contributed by atoms with E-state index in [4.69, 9.17) is 9.47 Å². The van der Waals surface area contributed by atoms with Gasteiger partial charge in [0.25, 0.3) is 0 Å². The smallest absolute Gasteiger partial charge is 0.343 e. The van der Waals surface area contributed by atoms with Gasteiger partial charge >= 0.3 is 5.97 Å². The van der Waals surface area contributed by atoms with Gasteiger partial charge in [0.05, 0.1) is 18.4 Å². The summed E-state index contributed by atoms with van der Waals surface area (Å²) < 4.78 is 11.1. The fourth-order valence-corrected chi connectivity index (χ4v) is 2.99. The van der Waals surface area contributed by atoms with E-state index in [0.717, 1.165) is 18.4 Å². The first kappa shape index (κ1) is 24.1. The van der Waals surface area contributed by atoms with E-state index >= 15 is 0 Å². The van der Waals surface area contributed by atoms with E-state index in [1.807, 2.05) is 13.0 Å². The lowest BCUT2D eigenvalue weighted by Crippen LogP contribution is -2.16. The lowest BCUT2D eigenvalue weighted by molar-refractivity contribution is -0.121. The SMILES string of the molecule is CCCCCCCCC(=O)NN=Cc1ccc(OC(=O)c2ccccc2)c(OCC)c1. The van der Waals surface area contributed by atoms with Crippen molar-refractivity contribution in [1.29, 1.82) is 0 Å². The average Bonchev–Trinajstić information content (AvgIpc) is 2.78. The minimum atomic E-state index is -0.454. The molecule has 0 aliphatic carbocycles. The van der Waals surface area contributed by atoms with Gasteiger partial charge in [-0.25, -0.2) is 10.2 Å². The summed E-state index contributed by atoms with van der Waals surface area (Å²) in [5.74, 6) is 0.226. The number of hydrogen-bond acceptors (Lipinski definition) is 5. The molecule has 1 amide bonds. The topological polar surface area (TPSA) is 77.0 Å². The number of unbranched alkanes of at least 4 members (excludes halogenated alkanes) is 5. The van der Waals surface area contributed by atoms with Crippen LogP contribution in [0.4, 0.5) is 0 Å². The van der Waals surface area contributed by atoms with Crippen molar-refractivity contribution in [2.45, 2.75) is 58.8 Å². The highest BCUT2D eigenvalue weighted by molar-refractivity contribution is 5.91. The van der Waals surface area contributed by atoms with Crippen molar-refractivity contribution in [1.82, 2.24) is 5.43 Å². The van der Waals surface area contributed by atoms with Gasteiger partial charge in [0.2, 0.25) is 5.91 Å². The van der Waals surface area contributed by atoms with Gasteiger partial charge in [-0.3, -0.25) is 4.79 Å². The van der Waals surface area contributed by atoms with Crippen LogP contribution in [0.25, 0.3) is 0 Å². The predicted octanol–water partition coefficient (Wildman–Crippen LogP) is 5.51. The highest BCUT2D eigenvalue weighted by atomic mass is 16.6. The Kier molecular flexibility index (Phi) is 10.9. The third-order valence-electron chi connectivity index (χ3n) is 4.64. The van der Waals surface area contributed by atoms with Crippen LogP contribution in [0.5, 0.6) is 11.5 Å². The van der Waals surface area contributed by atoms with Gasteiger partial charge in [-0.15, -0.1) is 0 Å². The molecule has 0 aromatic heterocycles. The van der Waals surface area contributed by atoms with Crippen molar-refractivity contribution < 1.29 is 19.1 Å². The first-order valence-corrected chi connectivity index (χ1v) is 11.0. The van der Waals surface area contributed by atoms with Gasteiger partial charge in [-0.05, 0) is 49.2 Å². The quantitative estimate of drug-likeness (QED) is 0.151. The Morgan fingerprint density at radius 1 is 0.935 bits per heavy atom. The van der Waals surface area contributed by atoms with Gasteiger partial charge in [0.15, 0.2) is 11.5 Å². The van der Waals surface area contributed by atoms with Crippen LogP contribution in [0.15, 0.2) is 53.6 Å². The fourth-order valence-electron chi connectivity index (χ4n) is 2.99. The first-order chi connectivity index (χ1) is 15.1. The number of amides is 1. The number of nitrogens with one attached hydrogen (secondary N) is 1. The molecule has 0 unspecified atom stereocenters. The number of carbonyl (C=O) groups excluding carboxylic acids is 2. The van der Waals surface area contributed by atoms with Crippen LogP contribution in [0.3, 0.4) is 0 Å². The second kappa shape index (κ2) is 14.0. The number of carbonyl (C=O) groups is 2. The number of benzene rings is 2. The summed E-state index contributed by atoms with van der Waals surface area (Å²) >= 11 is 0. The zero-order valence-electron chi connectivity index (χ0n) is 18.4. The maximum absolute atomic E-state index is 12.3. The van der Waals surface area contributed by atoms with Crippen molar-refractivity contribution in [3.05, 3.63) is 59.7 Å². The summed E-state index contributed by atoms with van der Waals surface area (Å²) in [7, 11) is 0. The number of ether oxygens (including phenoxy) is 2. The van der Waals surface area contributed by atoms with E-state index in [-0.39, 0.29) is 5.91 Å². The zero-order chi connectivity index (χ0) is 22.3. The molecule has 2 aromatic rings. The molecule has 0 spiro atoms. The van der Waals surface area contributed by atoms with E-state index in [1.165, 1.54) is 25.7 Å². The maximum Gasteiger partial charge on any atom is 0.343 e. The summed E-state index contributed by atoms with van der Waals surface area (Å²) in [5.41, 5.74) is 3.74. The second-order valence-electron chi connectivity index (χ2n) is 7.21. The van der Waals surface area contributed by atoms with Crippen LogP contribution in [0, 0.1) is 0 Å². The van der Waals surface area contributed by atoms with Crippen LogP contribution in [-0.4, -0.2) is 24.7 Å². The van der Waals surface area contributed by atoms with Gasteiger partial charge < -0.3 is 9.47 Å². The van der Waals surface area contributed by atoms with Gasteiger partial charge in [0.1, 0.15) is 0 Å². The lowest BCUT2D eigenvalue weighted by atomic mass is 10.1. The Balaban J connectivity index is 1.88. The molecule has 2 aromatic carbocycles. The van der Waals surface area contributed by atoms with Crippen LogP contribution in [0.2, 0.25) is 0 Å². The minimum absolute atomic E-state index is 0.0924. The van der Waals surface area contributed by atoms with Crippen molar-refractivity contribution in [3.63, 3.8) is 0 Å². The molecule has 6 heteroatoms. The summed E-state index contributed by atoms with van der Waals surface area (Å²) in [5, 5.41) is 4.02. The van der Waals surface area contributed by atoms with E-state index in [1.54, 1.807) is 48.7 Å². The van der Waals surface area contributed by atoms with Crippen LogP contribution < -0.4 is 14.9 Å². The average molecular weight is 425 g/mol. The van der Waals surface area contributed by atoms with E-state index in [0.29, 0.717) is 30.1 Å². The monoisotopic (exact) mass is 424 g/mol. The number of hydrazone groups is 1. The molecule has 166 valence electrons. The number of rotatable bonds is 13. The molecule has 0 bridgehead atoms. The normalized spacial score (nSPS) is 10.8. The largest absolute Gasteiger partial charge is 0.490 e. The van der Waals surface area contributed by atoms with Crippen molar-refractivity contribution in [3.8, 4) is 11.5 Å². The molecule has 0 saturated heterocycles. The van der Waals surface area contributed by atoms with Gasteiger partial charge in [0, 0.05) is 6.42 Å². The first-order valence-electron chi connectivity index (χ1n) is 11.0. The van der Waals surface area contributed by atoms with Crippen molar-refractivity contribution in [2.24, 2.45) is 5.10 Å². The van der Waals surface area contributed by atoms with Crippen LogP contribution in [-0.2, 0) is 4.79 Å². The summed E-state index contributed by atoms with van der Waals surface area (Å²) in [6.45, 7) is 4.46. The molecular weight excluding hydrogens is 392 g/mol.